The molecular weight excluding hydrogens is 378 g/mol. The first-order chi connectivity index (χ1) is 14.7. The van der Waals surface area contributed by atoms with Crippen LogP contribution < -0.4 is 9.80 Å². The first kappa shape index (κ1) is 18.7. The molecule has 0 aliphatic carbocycles. The number of aryl methyl sites for hydroxylation is 1. The maximum absolute atomic E-state index is 12.7. The molecule has 1 aromatic carbocycles. The molecule has 5 rings (SSSR count). The van der Waals surface area contributed by atoms with Crippen LogP contribution in [-0.2, 0) is 0 Å². The molecule has 2 fully saturated rings. The van der Waals surface area contributed by atoms with Gasteiger partial charge in [-0.15, -0.1) is 0 Å². The zero-order valence-electron chi connectivity index (χ0n) is 17.2. The lowest BCUT2D eigenvalue weighted by molar-refractivity contribution is 0.0740. The van der Waals surface area contributed by atoms with Crippen LogP contribution in [0.1, 0.15) is 29.0 Å². The van der Waals surface area contributed by atoms with Crippen molar-refractivity contribution in [3.05, 3.63) is 48.3 Å². The highest BCUT2D eigenvalue weighted by molar-refractivity contribution is 5.93. The van der Waals surface area contributed by atoms with Crippen LogP contribution >= 0.6 is 0 Å². The lowest BCUT2D eigenvalue weighted by atomic mass is 10.1. The van der Waals surface area contributed by atoms with Crippen LogP contribution in [0.2, 0.25) is 0 Å². The Morgan fingerprint density at radius 3 is 2.40 bits per heavy atom. The molecule has 2 aromatic heterocycles. The Morgan fingerprint density at radius 2 is 1.67 bits per heavy atom. The average Bonchev–Trinajstić information content (AvgIpc) is 3.33. The van der Waals surface area contributed by atoms with E-state index in [2.05, 4.69) is 47.9 Å². The second-order valence-electron chi connectivity index (χ2n) is 7.92. The van der Waals surface area contributed by atoms with E-state index in [-0.39, 0.29) is 5.91 Å². The Labute approximate surface area is 175 Å². The molecule has 8 heteroatoms. The first-order valence-electron chi connectivity index (χ1n) is 10.5. The van der Waals surface area contributed by atoms with Crippen molar-refractivity contribution in [3.8, 4) is 0 Å². The van der Waals surface area contributed by atoms with Crippen molar-refractivity contribution in [3.63, 3.8) is 0 Å². The lowest BCUT2D eigenvalue weighted by Crippen LogP contribution is -2.49. The molecule has 0 spiro atoms. The van der Waals surface area contributed by atoms with Gasteiger partial charge in [-0.05, 0) is 38.0 Å². The van der Waals surface area contributed by atoms with E-state index in [4.69, 9.17) is 0 Å². The summed E-state index contributed by atoms with van der Waals surface area (Å²) >= 11 is 0. The topological polar surface area (TPSA) is 78.4 Å². The zero-order valence-corrected chi connectivity index (χ0v) is 17.2. The van der Waals surface area contributed by atoms with E-state index in [0.717, 1.165) is 54.3 Å². The summed E-state index contributed by atoms with van der Waals surface area (Å²) in [6.07, 6.45) is 7.29. The van der Waals surface area contributed by atoms with Gasteiger partial charge in [0.2, 0.25) is 0 Å². The van der Waals surface area contributed by atoms with Crippen LogP contribution in [0.5, 0.6) is 0 Å². The van der Waals surface area contributed by atoms with Crippen LogP contribution in [-0.4, -0.2) is 70.0 Å². The van der Waals surface area contributed by atoms with Gasteiger partial charge in [0.15, 0.2) is 0 Å². The number of carbonyl (C=O) groups is 1. The van der Waals surface area contributed by atoms with Gasteiger partial charge in [0.25, 0.3) is 5.91 Å². The van der Waals surface area contributed by atoms with Gasteiger partial charge in [-0.25, -0.2) is 15.0 Å². The van der Waals surface area contributed by atoms with E-state index in [1.807, 2.05) is 11.8 Å². The molecule has 0 N–H and O–H groups in total. The third kappa shape index (κ3) is 3.53. The van der Waals surface area contributed by atoms with Gasteiger partial charge in [-0.1, -0.05) is 0 Å². The number of nitrogens with zero attached hydrogens (tertiary/aromatic N) is 7. The molecule has 2 aliphatic rings. The number of benzene rings is 1. The Hall–Kier alpha value is -3.29. The molecular formula is C22H25N7O. The monoisotopic (exact) mass is 403 g/mol. The number of aromatic nitrogens is 4. The largest absolute Gasteiger partial charge is 0.368 e. The van der Waals surface area contributed by atoms with Crippen molar-refractivity contribution in [2.75, 3.05) is 49.1 Å². The van der Waals surface area contributed by atoms with Crippen LogP contribution in [0, 0.1) is 6.92 Å². The predicted octanol–water partition coefficient (Wildman–Crippen LogP) is 2.29. The van der Waals surface area contributed by atoms with Crippen LogP contribution in [0.15, 0.2) is 36.9 Å². The highest BCUT2D eigenvalue weighted by atomic mass is 16.2. The molecule has 0 atom stereocenters. The van der Waals surface area contributed by atoms with Gasteiger partial charge in [0, 0.05) is 56.5 Å². The number of rotatable bonds is 3. The van der Waals surface area contributed by atoms with Crippen molar-refractivity contribution in [2.45, 2.75) is 19.8 Å². The molecule has 30 heavy (non-hydrogen) atoms. The van der Waals surface area contributed by atoms with Crippen LogP contribution in [0.3, 0.4) is 0 Å². The zero-order chi connectivity index (χ0) is 20.5. The third-order valence-electron chi connectivity index (χ3n) is 5.94. The molecule has 0 saturated carbocycles. The Kier molecular flexibility index (Phi) is 4.90. The van der Waals surface area contributed by atoms with E-state index in [9.17, 15) is 4.79 Å². The maximum Gasteiger partial charge on any atom is 0.274 e. The van der Waals surface area contributed by atoms with Crippen molar-refractivity contribution in [1.29, 1.82) is 0 Å². The molecule has 2 saturated heterocycles. The number of amides is 1. The molecule has 1 amide bonds. The number of hydrogen-bond donors (Lipinski definition) is 0. The Balaban J connectivity index is 1.32. The van der Waals surface area contributed by atoms with Crippen molar-refractivity contribution >= 4 is 28.3 Å². The minimum atomic E-state index is -0.0506. The number of hydrogen-bond acceptors (Lipinski definition) is 7. The average molecular weight is 403 g/mol. The van der Waals surface area contributed by atoms with Gasteiger partial charge in [-0.2, -0.15) is 0 Å². The Morgan fingerprint density at radius 1 is 0.867 bits per heavy atom. The number of fused-ring (bicyclic) bond motifs is 1. The number of carbonyl (C=O) groups excluding carboxylic acids is 1. The van der Waals surface area contributed by atoms with Crippen LogP contribution in [0.4, 0.5) is 11.5 Å². The summed E-state index contributed by atoms with van der Waals surface area (Å²) in [5.74, 6) is 0.983. The highest BCUT2D eigenvalue weighted by Gasteiger charge is 2.24. The van der Waals surface area contributed by atoms with Gasteiger partial charge in [-0.3, -0.25) is 9.78 Å². The normalized spacial score (nSPS) is 17.0. The molecule has 0 unspecified atom stereocenters. The minimum absolute atomic E-state index is 0.0506. The summed E-state index contributed by atoms with van der Waals surface area (Å²) in [5.41, 5.74) is 3.35. The van der Waals surface area contributed by atoms with Gasteiger partial charge in [0.1, 0.15) is 17.8 Å². The molecule has 0 bridgehead atoms. The fraction of sp³-hybridized carbons (Fsp3) is 0.409. The summed E-state index contributed by atoms with van der Waals surface area (Å²) in [4.78, 5) is 36.7. The second-order valence-corrected chi connectivity index (χ2v) is 7.92. The smallest absolute Gasteiger partial charge is 0.274 e. The van der Waals surface area contributed by atoms with Gasteiger partial charge >= 0.3 is 0 Å². The summed E-state index contributed by atoms with van der Waals surface area (Å²) in [6.45, 7) is 6.86. The fourth-order valence-corrected chi connectivity index (χ4v) is 4.24. The maximum atomic E-state index is 12.7. The predicted molar refractivity (Wildman–Crippen MR) is 116 cm³/mol. The number of anilines is 2. The van der Waals surface area contributed by atoms with Gasteiger partial charge in [0.05, 0.1) is 17.4 Å². The summed E-state index contributed by atoms with van der Waals surface area (Å²) in [6, 6.07) is 6.39. The molecule has 3 aromatic rings. The van der Waals surface area contributed by atoms with Crippen molar-refractivity contribution in [2.24, 2.45) is 0 Å². The van der Waals surface area contributed by atoms with E-state index in [0.29, 0.717) is 18.8 Å². The quantitative estimate of drug-likeness (QED) is 0.664. The van der Waals surface area contributed by atoms with Crippen molar-refractivity contribution in [1.82, 2.24) is 24.8 Å². The third-order valence-corrected chi connectivity index (χ3v) is 5.94. The van der Waals surface area contributed by atoms with E-state index in [1.54, 1.807) is 18.7 Å². The molecule has 4 heterocycles. The fourth-order valence-electron chi connectivity index (χ4n) is 4.24. The number of piperazine rings is 1. The van der Waals surface area contributed by atoms with E-state index >= 15 is 0 Å². The van der Waals surface area contributed by atoms with Crippen molar-refractivity contribution < 1.29 is 4.79 Å². The summed E-state index contributed by atoms with van der Waals surface area (Å²) < 4.78 is 0. The molecule has 2 aliphatic heterocycles. The molecule has 8 nitrogen and oxygen atoms in total. The van der Waals surface area contributed by atoms with E-state index < -0.39 is 0 Å². The van der Waals surface area contributed by atoms with Gasteiger partial charge < -0.3 is 14.7 Å². The SMILES string of the molecule is Cc1cnc(C(=O)N2CCN(c3ccc4ncnc(N5CCCC5)c4c3)CC2)cn1. The lowest BCUT2D eigenvalue weighted by Gasteiger charge is -2.36. The standard InChI is InChI=1S/C22H25N7O/c1-16-13-24-20(14-23-16)22(30)29-10-8-27(9-11-29)17-4-5-19-18(12-17)21(26-15-25-19)28-6-2-3-7-28/h4-5,12-15H,2-3,6-11H2,1H3. The van der Waals surface area contributed by atoms with E-state index in [1.165, 1.54) is 12.8 Å². The first-order valence-corrected chi connectivity index (χ1v) is 10.5. The minimum Gasteiger partial charge on any atom is -0.368 e. The summed E-state index contributed by atoms with van der Waals surface area (Å²) in [5, 5.41) is 1.10. The summed E-state index contributed by atoms with van der Waals surface area (Å²) in [7, 11) is 0. The second kappa shape index (κ2) is 7.85. The Bertz CT molecular complexity index is 1050. The molecule has 0 radical (unpaired) electrons. The molecule has 154 valence electrons. The van der Waals surface area contributed by atoms with Crippen LogP contribution in [0.25, 0.3) is 10.9 Å². The highest BCUT2D eigenvalue weighted by Crippen LogP contribution is 2.30.